The van der Waals surface area contributed by atoms with E-state index in [-0.39, 0.29) is 17.7 Å². The summed E-state index contributed by atoms with van der Waals surface area (Å²) in [7, 11) is 0. The number of amides is 2. The van der Waals surface area contributed by atoms with Gasteiger partial charge in [0.05, 0.1) is 18.8 Å². The largest absolute Gasteiger partial charge is 0.378 e. The van der Waals surface area contributed by atoms with Crippen LogP contribution >= 0.6 is 11.8 Å². The van der Waals surface area contributed by atoms with Crippen LogP contribution in [-0.2, 0) is 9.53 Å². The van der Waals surface area contributed by atoms with Crippen LogP contribution in [0.3, 0.4) is 0 Å². The van der Waals surface area contributed by atoms with Crippen molar-refractivity contribution >= 4 is 23.6 Å². The van der Waals surface area contributed by atoms with Gasteiger partial charge in [0.15, 0.2) is 0 Å². The quantitative estimate of drug-likeness (QED) is 0.758. The molecule has 1 aromatic rings. The predicted molar refractivity (Wildman–Crippen MR) is 103 cm³/mol. The number of thioether (sulfide) groups is 1. The van der Waals surface area contributed by atoms with Crippen molar-refractivity contribution in [2.24, 2.45) is 5.92 Å². The molecule has 0 unspecified atom stereocenters. The SMILES string of the molecule is CC(C)Sc1ccccc1C(=O)N1CCC(C(=O)N2CCOCC2)CC1. The normalized spacial score (nSPS) is 19.0. The van der Waals surface area contributed by atoms with E-state index in [9.17, 15) is 9.59 Å². The third-order valence-electron chi connectivity index (χ3n) is 4.93. The molecular formula is C20H28N2O3S. The molecule has 2 aliphatic rings. The number of nitrogens with zero attached hydrogens (tertiary/aromatic N) is 2. The molecule has 3 rings (SSSR count). The Balaban J connectivity index is 1.59. The van der Waals surface area contributed by atoms with Crippen molar-refractivity contribution in [3.63, 3.8) is 0 Å². The van der Waals surface area contributed by atoms with Crippen LogP contribution in [0.15, 0.2) is 29.2 Å². The third-order valence-corrected chi connectivity index (χ3v) is 6.02. The average Bonchev–Trinajstić information content (AvgIpc) is 2.68. The fraction of sp³-hybridized carbons (Fsp3) is 0.600. The van der Waals surface area contributed by atoms with Crippen LogP contribution in [-0.4, -0.2) is 66.3 Å². The number of ether oxygens (including phenoxy) is 1. The van der Waals surface area contributed by atoms with Crippen molar-refractivity contribution in [3.05, 3.63) is 29.8 Å². The maximum absolute atomic E-state index is 13.0. The fourth-order valence-corrected chi connectivity index (χ4v) is 4.49. The van der Waals surface area contributed by atoms with E-state index < -0.39 is 0 Å². The number of piperidine rings is 1. The van der Waals surface area contributed by atoms with Crippen molar-refractivity contribution in [1.29, 1.82) is 0 Å². The zero-order valence-electron chi connectivity index (χ0n) is 15.6. The Bertz CT molecular complexity index is 636. The van der Waals surface area contributed by atoms with Gasteiger partial charge in [0.1, 0.15) is 0 Å². The van der Waals surface area contributed by atoms with Gasteiger partial charge in [0, 0.05) is 42.2 Å². The van der Waals surface area contributed by atoms with Gasteiger partial charge in [-0.2, -0.15) is 0 Å². The predicted octanol–water partition coefficient (Wildman–Crippen LogP) is 2.90. The molecule has 0 N–H and O–H groups in total. The number of likely N-dealkylation sites (tertiary alicyclic amines) is 1. The monoisotopic (exact) mass is 376 g/mol. The summed E-state index contributed by atoms with van der Waals surface area (Å²) in [6, 6.07) is 7.84. The van der Waals surface area contributed by atoms with Gasteiger partial charge in [0.2, 0.25) is 5.91 Å². The van der Waals surface area contributed by atoms with Gasteiger partial charge >= 0.3 is 0 Å². The Hall–Kier alpha value is -1.53. The first-order valence-corrected chi connectivity index (χ1v) is 10.4. The molecule has 5 nitrogen and oxygen atoms in total. The molecule has 0 radical (unpaired) electrons. The summed E-state index contributed by atoms with van der Waals surface area (Å²) in [5.41, 5.74) is 0.782. The Labute approximate surface area is 160 Å². The van der Waals surface area contributed by atoms with E-state index in [2.05, 4.69) is 13.8 Å². The van der Waals surface area contributed by atoms with Crippen molar-refractivity contribution in [3.8, 4) is 0 Å². The van der Waals surface area contributed by atoms with Gasteiger partial charge < -0.3 is 14.5 Å². The molecule has 26 heavy (non-hydrogen) atoms. The van der Waals surface area contributed by atoms with Gasteiger partial charge in [-0.05, 0) is 25.0 Å². The van der Waals surface area contributed by atoms with Gasteiger partial charge in [0.25, 0.3) is 5.91 Å². The number of hydrogen-bond donors (Lipinski definition) is 0. The highest BCUT2D eigenvalue weighted by Crippen LogP contribution is 2.29. The Morgan fingerprint density at radius 3 is 2.35 bits per heavy atom. The second kappa shape index (κ2) is 8.91. The van der Waals surface area contributed by atoms with Crippen LogP contribution in [0, 0.1) is 5.92 Å². The van der Waals surface area contributed by atoms with E-state index in [4.69, 9.17) is 4.74 Å². The molecular weight excluding hydrogens is 348 g/mol. The lowest BCUT2D eigenvalue weighted by Gasteiger charge is -2.35. The first-order chi connectivity index (χ1) is 12.6. The Morgan fingerprint density at radius 1 is 1.04 bits per heavy atom. The van der Waals surface area contributed by atoms with Crippen molar-refractivity contribution in [1.82, 2.24) is 9.80 Å². The zero-order valence-corrected chi connectivity index (χ0v) is 16.5. The second-order valence-electron chi connectivity index (χ2n) is 7.17. The maximum atomic E-state index is 13.0. The molecule has 0 spiro atoms. The highest BCUT2D eigenvalue weighted by Gasteiger charge is 2.31. The minimum absolute atomic E-state index is 0.0393. The van der Waals surface area contributed by atoms with E-state index in [1.165, 1.54) is 0 Å². The van der Waals surface area contributed by atoms with Crippen molar-refractivity contribution < 1.29 is 14.3 Å². The molecule has 0 aromatic heterocycles. The van der Waals surface area contributed by atoms with Crippen LogP contribution in [0.2, 0.25) is 0 Å². The number of morpholine rings is 1. The van der Waals surface area contributed by atoms with E-state index >= 15 is 0 Å². The van der Waals surface area contributed by atoms with E-state index in [0.717, 1.165) is 23.3 Å². The van der Waals surface area contributed by atoms with Gasteiger partial charge in [-0.25, -0.2) is 0 Å². The minimum atomic E-state index is 0.0393. The van der Waals surface area contributed by atoms with Crippen LogP contribution in [0.25, 0.3) is 0 Å². The molecule has 2 saturated heterocycles. The third kappa shape index (κ3) is 4.60. The molecule has 0 atom stereocenters. The summed E-state index contributed by atoms with van der Waals surface area (Å²) in [6.07, 6.45) is 1.50. The molecule has 2 aliphatic heterocycles. The number of benzene rings is 1. The molecule has 1 aromatic carbocycles. The molecule has 0 bridgehead atoms. The number of carbonyl (C=O) groups is 2. The maximum Gasteiger partial charge on any atom is 0.254 e. The molecule has 142 valence electrons. The summed E-state index contributed by atoms with van der Waals surface area (Å²) in [4.78, 5) is 30.5. The second-order valence-corrected chi connectivity index (χ2v) is 8.79. The van der Waals surface area contributed by atoms with Crippen LogP contribution in [0.5, 0.6) is 0 Å². The lowest BCUT2D eigenvalue weighted by molar-refractivity contribution is -0.141. The number of rotatable bonds is 4. The summed E-state index contributed by atoms with van der Waals surface area (Å²) in [5.74, 6) is 0.361. The molecule has 6 heteroatoms. The van der Waals surface area contributed by atoms with Gasteiger partial charge in [-0.3, -0.25) is 9.59 Å². The van der Waals surface area contributed by atoms with E-state index in [0.29, 0.717) is 44.6 Å². The standard InChI is InChI=1S/C20H28N2O3S/c1-15(2)26-18-6-4-3-5-17(18)20(24)21-9-7-16(8-10-21)19(23)22-11-13-25-14-12-22/h3-6,15-16H,7-14H2,1-2H3. The summed E-state index contributed by atoms with van der Waals surface area (Å²) in [5, 5.41) is 0.431. The Kier molecular flexibility index (Phi) is 6.59. The van der Waals surface area contributed by atoms with E-state index in [1.807, 2.05) is 34.1 Å². The fourth-order valence-electron chi connectivity index (χ4n) is 3.54. The zero-order chi connectivity index (χ0) is 18.5. The number of carbonyl (C=O) groups excluding carboxylic acids is 2. The lowest BCUT2D eigenvalue weighted by Crippen LogP contribution is -2.47. The average molecular weight is 377 g/mol. The van der Waals surface area contributed by atoms with Crippen LogP contribution in [0.1, 0.15) is 37.0 Å². The smallest absolute Gasteiger partial charge is 0.254 e. The highest BCUT2D eigenvalue weighted by atomic mass is 32.2. The first-order valence-electron chi connectivity index (χ1n) is 9.47. The van der Waals surface area contributed by atoms with Crippen LogP contribution < -0.4 is 0 Å². The first kappa shape index (κ1) is 19.2. The summed E-state index contributed by atoms with van der Waals surface area (Å²) in [6.45, 7) is 8.22. The molecule has 0 aliphatic carbocycles. The van der Waals surface area contributed by atoms with E-state index in [1.54, 1.807) is 11.8 Å². The summed E-state index contributed by atoms with van der Waals surface area (Å²) < 4.78 is 5.32. The highest BCUT2D eigenvalue weighted by molar-refractivity contribution is 8.00. The molecule has 0 saturated carbocycles. The van der Waals surface area contributed by atoms with Crippen molar-refractivity contribution in [2.75, 3.05) is 39.4 Å². The van der Waals surface area contributed by atoms with Crippen molar-refractivity contribution in [2.45, 2.75) is 36.8 Å². The topological polar surface area (TPSA) is 49.9 Å². The number of hydrogen-bond acceptors (Lipinski definition) is 4. The van der Waals surface area contributed by atoms with Crippen LogP contribution in [0.4, 0.5) is 0 Å². The molecule has 2 fully saturated rings. The minimum Gasteiger partial charge on any atom is -0.378 e. The molecule has 2 heterocycles. The summed E-state index contributed by atoms with van der Waals surface area (Å²) >= 11 is 1.72. The van der Waals surface area contributed by atoms with Gasteiger partial charge in [-0.15, -0.1) is 11.8 Å². The molecule has 2 amide bonds. The lowest BCUT2D eigenvalue weighted by atomic mass is 9.94. The Morgan fingerprint density at radius 2 is 1.69 bits per heavy atom. The van der Waals surface area contributed by atoms with Gasteiger partial charge in [-0.1, -0.05) is 26.0 Å².